The van der Waals surface area contributed by atoms with Gasteiger partial charge in [0.05, 0.1) is 13.2 Å². The van der Waals surface area contributed by atoms with Gasteiger partial charge in [-0.3, -0.25) is 4.90 Å². The molecule has 1 atom stereocenters. The summed E-state index contributed by atoms with van der Waals surface area (Å²) in [5.74, 6) is 0. The number of morpholine rings is 1. The van der Waals surface area contributed by atoms with Gasteiger partial charge in [0.2, 0.25) is 0 Å². The molecule has 3 nitrogen and oxygen atoms in total. The van der Waals surface area contributed by atoms with E-state index in [1.165, 1.54) is 0 Å². The van der Waals surface area contributed by atoms with Gasteiger partial charge in [0.15, 0.2) is 9.04 Å². The third-order valence-electron chi connectivity index (χ3n) is 1.63. The second-order valence-electron chi connectivity index (χ2n) is 2.76. The molecule has 1 aliphatic heterocycles. The molecule has 0 saturated carbocycles. The number of ether oxygens (including phenoxy) is 1. The Labute approximate surface area is 63.3 Å². The van der Waals surface area contributed by atoms with Crippen molar-refractivity contribution in [3.8, 4) is 0 Å². The Balaban J connectivity index is 2.13. The summed E-state index contributed by atoms with van der Waals surface area (Å²) in [6.45, 7) is 5.62. The van der Waals surface area contributed by atoms with Gasteiger partial charge in [0.25, 0.3) is 0 Å². The highest BCUT2D eigenvalue weighted by Gasteiger charge is 2.12. The minimum atomic E-state index is -1.37. The molecule has 1 heterocycles. The van der Waals surface area contributed by atoms with Gasteiger partial charge < -0.3 is 9.53 Å². The highest BCUT2D eigenvalue weighted by molar-refractivity contribution is 6.48. The van der Waals surface area contributed by atoms with Crippen LogP contribution >= 0.6 is 0 Å². The number of hydrogen-bond donors (Lipinski definition) is 1. The van der Waals surface area contributed by atoms with E-state index in [2.05, 4.69) is 4.90 Å². The van der Waals surface area contributed by atoms with Crippen molar-refractivity contribution in [3.05, 3.63) is 0 Å². The van der Waals surface area contributed by atoms with Crippen LogP contribution in [0.15, 0.2) is 0 Å². The van der Waals surface area contributed by atoms with Crippen LogP contribution in [0.3, 0.4) is 0 Å². The highest BCUT2D eigenvalue weighted by atomic mass is 28.3. The maximum atomic E-state index is 9.16. The van der Waals surface area contributed by atoms with E-state index in [1.807, 2.05) is 6.55 Å². The van der Waals surface area contributed by atoms with Gasteiger partial charge >= 0.3 is 0 Å². The smallest absolute Gasteiger partial charge is 0.183 e. The molecule has 1 N–H and O–H groups in total. The predicted molar refractivity (Wildman–Crippen MR) is 42.5 cm³/mol. The lowest BCUT2D eigenvalue weighted by Crippen LogP contribution is -2.41. The van der Waals surface area contributed by atoms with E-state index in [-0.39, 0.29) is 0 Å². The lowest BCUT2D eigenvalue weighted by atomic mass is 10.5. The summed E-state index contributed by atoms with van der Waals surface area (Å²) in [5.41, 5.74) is 0. The van der Waals surface area contributed by atoms with Crippen LogP contribution < -0.4 is 0 Å². The summed E-state index contributed by atoms with van der Waals surface area (Å²) in [6, 6.07) is 0. The van der Waals surface area contributed by atoms with Gasteiger partial charge in [-0.1, -0.05) is 0 Å². The summed E-state index contributed by atoms with van der Waals surface area (Å²) in [4.78, 5) is 11.4. The van der Waals surface area contributed by atoms with Crippen LogP contribution in [0.2, 0.25) is 6.55 Å². The number of nitrogens with zero attached hydrogens (tertiary/aromatic N) is 1. The van der Waals surface area contributed by atoms with Crippen molar-refractivity contribution in [1.29, 1.82) is 0 Å². The molecule has 1 saturated heterocycles. The van der Waals surface area contributed by atoms with Crippen LogP contribution in [0.1, 0.15) is 0 Å². The molecule has 60 valence electrons. The van der Waals surface area contributed by atoms with Crippen molar-refractivity contribution in [1.82, 2.24) is 4.90 Å². The molecule has 0 bridgehead atoms. The van der Waals surface area contributed by atoms with E-state index in [0.29, 0.717) is 0 Å². The van der Waals surface area contributed by atoms with E-state index in [9.17, 15) is 0 Å². The normalized spacial score (nSPS) is 24.6. The Hall–Kier alpha value is 0.0969. The predicted octanol–water partition coefficient (Wildman–Crippen LogP) is -0.796. The third kappa shape index (κ3) is 2.79. The molecule has 0 aromatic carbocycles. The topological polar surface area (TPSA) is 32.7 Å². The van der Waals surface area contributed by atoms with Gasteiger partial charge in [0.1, 0.15) is 0 Å². The quantitative estimate of drug-likeness (QED) is 0.538. The lowest BCUT2D eigenvalue weighted by molar-refractivity contribution is 0.0449. The first-order valence-electron chi connectivity index (χ1n) is 3.77. The minimum absolute atomic E-state index is 0.834. The van der Waals surface area contributed by atoms with E-state index >= 15 is 0 Å². The van der Waals surface area contributed by atoms with Gasteiger partial charge in [0, 0.05) is 19.3 Å². The van der Waals surface area contributed by atoms with Crippen molar-refractivity contribution >= 4 is 9.04 Å². The fourth-order valence-electron chi connectivity index (χ4n) is 1.16. The molecule has 0 aromatic heterocycles. The number of hydrogen-bond acceptors (Lipinski definition) is 3. The second kappa shape index (κ2) is 4.08. The molecule has 1 unspecified atom stereocenters. The van der Waals surface area contributed by atoms with Crippen molar-refractivity contribution in [3.63, 3.8) is 0 Å². The monoisotopic (exact) mass is 161 g/mol. The SMILES string of the molecule is C[SiH](O)CN1CCOCC1. The summed E-state index contributed by atoms with van der Waals surface area (Å²) in [7, 11) is -1.37. The maximum Gasteiger partial charge on any atom is 0.183 e. The van der Waals surface area contributed by atoms with Crippen LogP contribution in [0.5, 0.6) is 0 Å². The van der Waals surface area contributed by atoms with Crippen molar-refractivity contribution in [2.24, 2.45) is 0 Å². The summed E-state index contributed by atoms with van der Waals surface area (Å²) in [5, 5.41) is 0. The van der Waals surface area contributed by atoms with Crippen molar-refractivity contribution < 1.29 is 9.53 Å². The Morgan fingerprint density at radius 2 is 2.10 bits per heavy atom. The summed E-state index contributed by atoms with van der Waals surface area (Å²) >= 11 is 0. The summed E-state index contributed by atoms with van der Waals surface area (Å²) < 4.78 is 5.17. The first-order chi connectivity index (χ1) is 4.79. The van der Waals surface area contributed by atoms with Crippen LogP contribution in [-0.2, 0) is 4.74 Å². The molecule has 0 aromatic rings. The van der Waals surface area contributed by atoms with E-state index in [0.717, 1.165) is 32.5 Å². The zero-order chi connectivity index (χ0) is 7.40. The molecule has 0 spiro atoms. The summed E-state index contributed by atoms with van der Waals surface area (Å²) in [6.07, 6.45) is 0.920. The molecule has 0 radical (unpaired) electrons. The molecule has 1 rings (SSSR count). The average molecular weight is 161 g/mol. The van der Waals surface area contributed by atoms with Crippen LogP contribution in [0.25, 0.3) is 0 Å². The average Bonchev–Trinajstić information content (AvgIpc) is 1.88. The molecular weight excluding hydrogens is 146 g/mol. The van der Waals surface area contributed by atoms with Gasteiger partial charge in [-0.05, 0) is 6.55 Å². The molecule has 4 heteroatoms. The van der Waals surface area contributed by atoms with Crippen LogP contribution in [0.4, 0.5) is 0 Å². The Morgan fingerprint density at radius 3 is 2.60 bits per heavy atom. The molecule has 1 fully saturated rings. The van der Waals surface area contributed by atoms with Crippen molar-refractivity contribution in [2.75, 3.05) is 32.5 Å². The second-order valence-corrected chi connectivity index (χ2v) is 4.83. The fraction of sp³-hybridized carbons (Fsp3) is 1.00. The molecule has 0 amide bonds. The Bertz CT molecular complexity index is 93.7. The largest absolute Gasteiger partial charge is 0.434 e. The highest BCUT2D eigenvalue weighted by Crippen LogP contribution is 1.96. The number of rotatable bonds is 2. The van der Waals surface area contributed by atoms with Crippen molar-refractivity contribution in [2.45, 2.75) is 6.55 Å². The lowest BCUT2D eigenvalue weighted by Gasteiger charge is -2.26. The van der Waals surface area contributed by atoms with Gasteiger partial charge in [-0.15, -0.1) is 0 Å². The van der Waals surface area contributed by atoms with Crippen LogP contribution in [-0.4, -0.2) is 51.2 Å². The minimum Gasteiger partial charge on any atom is -0.434 e. The van der Waals surface area contributed by atoms with Gasteiger partial charge in [-0.25, -0.2) is 0 Å². The van der Waals surface area contributed by atoms with E-state index in [4.69, 9.17) is 9.53 Å². The first kappa shape index (κ1) is 8.20. The van der Waals surface area contributed by atoms with E-state index in [1.54, 1.807) is 0 Å². The maximum absolute atomic E-state index is 9.16. The standard InChI is InChI=1S/C6H15NO2Si/c1-10(8)6-7-2-4-9-5-3-7/h8,10H,2-6H2,1H3. The first-order valence-corrected chi connectivity index (χ1v) is 6.26. The Morgan fingerprint density at radius 1 is 1.50 bits per heavy atom. The Kier molecular flexibility index (Phi) is 3.34. The third-order valence-corrected chi connectivity index (χ3v) is 2.67. The molecular formula is C6H15NO2Si. The van der Waals surface area contributed by atoms with Crippen LogP contribution in [0, 0.1) is 0 Å². The molecule has 1 aliphatic rings. The van der Waals surface area contributed by atoms with Gasteiger partial charge in [-0.2, -0.15) is 0 Å². The van der Waals surface area contributed by atoms with E-state index < -0.39 is 9.04 Å². The zero-order valence-electron chi connectivity index (χ0n) is 6.42. The molecule has 0 aliphatic carbocycles. The zero-order valence-corrected chi connectivity index (χ0v) is 7.57. The molecule has 10 heavy (non-hydrogen) atoms. The fourth-order valence-corrected chi connectivity index (χ4v) is 2.27.